The lowest BCUT2D eigenvalue weighted by Crippen LogP contribution is -2.45. The van der Waals surface area contributed by atoms with Crippen molar-refractivity contribution < 1.29 is 29.3 Å². The summed E-state index contributed by atoms with van der Waals surface area (Å²) in [6, 6.07) is 10.2. The zero-order valence-corrected chi connectivity index (χ0v) is 41.2. The van der Waals surface area contributed by atoms with Gasteiger partial charge in [0.15, 0.2) is 22.9 Å². The van der Waals surface area contributed by atoms with Crippen molar-refractivity contribution in [2.75, 3.05) is 34.9 Å². The highest BCUT2D eigenvalue weighted by molar-refractivity contribution is 6.03. The van der Waals surface area contributed by atoms with E-state index in [1.165, 1.54) is 28.9 Å². The van der Waals surface area contributed by atoms with Crippen LogP contribution in [0.1, 0.15) is 134 Å². The number of Topliss-reactive ketones (excluding diaryl/α,β-unsaturated/α-hetero) is 2. The second kappa shape index (κ2) is 19.2. The van der Waals surface area contributed by atoms with Gasteiger partial charge >= 0.3 is 6.09 Å². The monoisotopic (exact) mass is 948 g/mol. The average Bonchev–Trinajstić information content (AvgIpc) is 3.92. The van der Waals surface area contributed by atoms with E-state index in [0.29, 0.717) is 52.9 Å². The molecule has 8 rings (SSSR count). The lowest BCUT2D eigenvalue weighted by Gasteiger charge is -2.42. The molecule has 368 valence electrons. The molecule has 2 aliphatic carbocycles. The Balaban J connectivity index is 0.000000208. The minimum Gasteiger partial charge on any atom is -0.443 e. The van der Waals surface area contributed by atoms with Gasteiger partial charge in [0.2, 0.25) is 0 Å². The number of pyridine rings is 2. The first-order valence-corrected chi connectivity index (χ1v) is 23.3. The van der Waals surface area contributed by atoms with E-state index in [9.17, 15) is 34.2 Å². The third kappa shape index (κ3) is 10.6. The Bertz CT molecular complexity index is 3030. The molecule has 69 heavy (non-hydrogen) atoms. The molecule has 0 spiro atoms. The first-order valence-electron chi connectivity index (χ1n) is 23.3. The van der Waals surface area contributed by atoms with Crippen molar-refractivity contribution in [3.05, 3.63) is 93.0 Å². The van der Waals surface area contributed by atoms with Gasteiger partial charge in [-0.25, -0.2) is 14.8 Å². The van der Waals surface area contributed by atoms with E-state index in [1.54, 1.807) is 104 Å². The van der Waals surface area contributed by atoms with E-state index in [1.807, 2.05) is 27.7 Å². The van der Waals surface area contributed by atoms with Crippen LogP contribution in [0.25, 0.3) is 11.3 Å². The molecule has 0 aliphatic heterocycles. The number of fused-ring (bicyclic) bond motifs is 2. The number of carbonyl (C=O) groups is 3. The summed E-state index contributed by atoms with van der Waals surface area (Å²) in [4.78, 5) is 75.4. The summed E-state index contributed by atoms with van der Waals surface area (Å²) < 4.78 is 11.7. The molecule has 2 saturated carbocycles. The van der Waals surface area contributed by atoms with Gasteiger partial charge in [-0.1, -0.05) is 0 Å². The van der Waals surface area contributed by atoms with Gasteiger partial charge in [0, 0.05) is 63.5 Å². The van der Waals surface area contributed by atoms with E-state index in [-0.39, 0.29) is 76.5 Å². The molecule has 4 atom stereocenters. The number of hydrogen-bond acceptors (Lipinski definition) is 15. The standard InChI is InChI=1S/C27H36N6O5.C22H28N6O3/c1-16(2)32-12-8-9-19(24(32)35)29-21-14-22(31(7)25(36)38-26(3,4)5)33-23(30-21)18(15-28-33)20(34)13-17-10-11-27(17,6)37;1-13(2)27-9-5-6-16(21(27)30)25-18-11-19(23-4)28-20(26-18)15(12-24-28)17(29)10-14-7-8-22(14,3)31/h8-9,12,14-17,37H,10-11,13H2,1-7H3,(H,29,30);5-6,9,11-14,23,31H,7-8,10H2,1-4H3,(H,25,26)/t17?,27-;14?,22-/m11/s1. The Hall–Kier alpha value is -6.93. The largest absolute Gasteiger partial charge is 0.443 e. The van der Waals surface area contributed by atoms with Gasteiger partial charge < -0.3 is 40.0 Å². The molecule has 6 aromatic heterocycles. The number of nitrogens with zero attached hydrogens (tertiary/aromatic N) is 9. The van der Waals surface area contributed by atoms with Crippen molar-refractivity contribution in [2.45, 2.75) is 130 Å². The number of amides is 1. The highest BCUT2D eigenvalue weighted by Gasteiger charge is 2.43. The van der Waals surface area contributed by atoms with Crippen LogP contribution in [-0.4, -0.2) is 97.1 Å². The molecule has 0 bridgehead atoms. The van der Waals surface area contributed by atoms with Crippen LogP contribution in [-0.2, 0) is 4.74 Å². The van der Waals surface area contributed by atoms with E-state index in [2.05, 4.69) is 36.1 Å². The number of ether oxygens (including phenoxy) is 1. The van der Waals surface area contributed by atoms with Crippen LogP contribution in [0.4, 0.5) is 39.4 Å². The summed E-state index contributed by atoms with van der Waals surface area (Å²) >= 11 is 0. The predicted octanol–water partition coefficient (Wildman–Crippen LogP) is 7.31. The summed E-state index contributed by atoms with van der Waals surface area (Å²) in [7, 11) is 3.29. The third-order valence-electron chi connectivity index (χ3n) is 13.0. The molecule has 6 aromatic rings. The molecule has 0 aromatic carbocycles. The van der Waals surface area contributed by atoms with Crippen molar-refractivity contribution in [1.82, 2.24) is 38.3 Å². The highest BCUT2D eigenvalue weighted by Crippen LogP contribution is 2.42. The van der Waals surface area contributed by atoms with Crippen LogP contribution in [0.3, 0.4) is 0 Å². The maximum absolute atomic E-state index is 13.3. The number of carbonyl (C=O) groups excluding carboxylic acids is 3. The van der Waals surface area contributed by atoms with Gasteiger partial charge in [-0.15, -0.1) is 0 Å². The van der Waals surface area contributed by atoms with Crippen molar-refractivity contribution in [2.24, 2.45) is 11.8 Å². The van der Waals surface area contributed by atoms with Crippen LogP contribution in [0.5, 0.6) is 0 Å². The highest BCUT2D eigenvalue weighted by atomic mass is 16.6. The molecule has 6 heterocycles. The quantitative estimate of drug-likeness (QED) is 0.0672. The van der Waals surface area contributed by atoms with Gasteiger partial charge in [-0.2, -0.15) is 19.2 Å². The van der Waals surface area contributed by atoms with Gasteiger partial charge in [-0.3, -0.25) is 24.1 Å². The van der Waals surface area contributed by atoms with Crippen LogP contribution in [0, 0.1) is 11.8 Å². The lowest BCUT2D eigenvalue weighted by molar-refractivity contribution is -0.0775. The molecule has 20 nitrogen and oxygen atoms in total. The molecule has 2 unspecified atom stereocenters. The molecule has 20 heteroatoms. The van der Waals surface area contributed by atoms with E-state index in [0.717, 1.165) is 12.8 Å². The van der Waals surface area contributed by atoms with E-state index < -0.39 is 22.9 Å². The first kappa shape index (κ1) is 50.0. The topological polar surface area (TPSA) is 245 Å². The summed E-state index contributed by atoms with van der Waals surface area (Å²) in [5.41, 5.74) is -0.792. The summed E-state index contributed by atoms with van der Waals surface area (Å²) in [6.07, 6.45) is 9.13. The number of nitrogens with one attached hydrogen (secondary N) is 3. The predicted molar refractivity (Wildman–Crippen MR) is 263 cm³/mol. The van der Waals surface area contributed by atoms with Gasteiger partial charge in [-0.05, 0) is 124 Å². The molecule has 0 radical (unpaired) electrons. The van der Waals surface area contributed by atoms with Crippen molar-refractivity contribution in [3.8, 4) is 0 Å². The van der Waals surface area contributed by atoms with Crippen molar-refractivity contribution in [1.29, 1.82) is 0 Å². The fourth-order valence-corrected chi connectivity index (χ4v) is 8.42. The Morgan fingerprint density at radius 1 is 0.783 bits per heavy atom. The lowest BCUT2D eigenvalue weighted by atomic mass is 9.68. The van der Waals surface area contributed by atoms with Gasteiger partial charge in [0.25, 0.3) is 11.1 Å². The zero-order valence-electron chi connectivity index (χ0n) is 41.2. The number of rotatable bonds is 14. The molecule has 0 saturated heterocycles. The molecule has 5 N–H and O–H groups in total. The van der Waals surface area contributed by atoms with Gasteiger partial charge in [0.1, 0.15) is 40.2 Å². The molecular weight excluding hydrogens is 885 g/mol. The average molecular weight is 949 g/mol. The molecular formula is C49H64N12O8. The summed E-state index contributed by atoms with van der Waals surface area (Å²) in [6.45, 7) is 16.5. The summed E-state index contributed by atoms with van der Waals surface area (Å²) in [5, 5.41) is 38.6. The van der Waals surface area contributed by atoms with Crippen LogP contribution in [0.2, 0.25) is 0 Å². The Kier molecular flexibility index (Phi) is 13.9. The molecule has 2 aliphatic rings. The molecule has 2 fully saturated rings. The maximum Gasteiger partial charge on any atom is 0.415 e. The number of anilines is 6. The Labute approximate surface area is 399 Å². The smallest absolute Gasteiger partial charge is 0.415 e. The number of aliphatic hydroxyl groups is 2. The van der Waals surface area contributed by atoms with Crippen LogP contribution < -0.4 is 32.0 Å². The Morgan fingerprint density at radius 2 is 1.23 bits per heavy atom. The first-order chi connectivity index (χ1) is 32.4. The van der Waals surface area contributed by atoms with Crippen molar-refractivity contribution >= 4 is 63.6 Å². The third-order valence-corrected chi connectivity index (χ3v) is 13.0. The van der Waals surface area contributed by atoms with Crippen molar-refractivity contribution in [3.63, 3.8) is 0 Å². The normalized spacial score (nSPS) is 19.9. The minimum absolute atomic E-state index is 0.0281. The van der Waals surface area contributed by atoms with Crippen LogP contribution >= 0.6 is 0 Å². The minimum atomic E-state index is -0.871. The fourth-order valence-electron chi connectivity index (χ4n) is 8.42. The Morgan fingerprint density at radius 3 is 1.64 bits per heavy atom. The van der Waals surface area contributed by atoms with Crippen LogP contribution in [0.15, 0.2) is 70.8 Å². The number of hydrogen-bond donors (Lipinski definition) is 5. The molecule has 1 amide bonds. The van der Waals surface area contributed by atoms with E-state index >= 15 is 0 Å². The second-order valence-corrected chi connectivity index (χ2v) is 20.0. The second-order valence-electron chi connectivity index (χ2n) is 20.0. The fraction of sp³-hybridized carbons (Fsp3) is 0.490. The zero-order chi connectivity index (χ0) is 50.3. The van der Waals surface area contributed by atoms with E-state index in [4.69, 9.17) is 4.74 Å². The SMILES string of the molecule is CC(C)n1cccc(Nc2cc(N(C)C(=O)OC(C)(C)C)n3ncc(C(=O)CC4CC[C@@]4(C)O)c3n2)c1=O.CNc1cc(Nc2cccn(C(C)C)c2=O)nc2c(C(=O)CC3CC[C@@]3(C)O)cnn12. The van der Waals surface area contributed by atoms with Gasteiger partial charge in [0.05, 0.1) is 34.7 Å². The maximum atomic E-state index is 13.3. The number of ketones is 2. The summed E-state index contributed by atoms with van der Waals surface area (Å²) in [5.74, 6) is 1.10. The number of aromatic nitrogens is 8.